The van der Waals surface area contributed by atoms with Crippen LogP contribution in [-0.2, 0) is 4.74 Å². The molecule has 3 aromatic heterocycles. The van der Waals surface area contributed by atoms with E-state index in [2.05, 4.69) is 152 Å². The zero-order valence-corrected chi connectivity index (χ0v) is 40.2. The van der Waals surface area contributed by atoms with Gasteiger partial charge in [-0.15, -0.1) is 0 Å². The smallest absolute Gasteiger partial charge is 0.338 e. The van der Waals surface area contributed by atoms with Crippen LogP contribution in [0.4, 0.5) is 0 Å². The van der Waals surface area contributed by atoms with Gasteiger partial charge in [0.1, 0.15) is 19.0 Å². The zero-order valence-electron chi connectivity index (χ0n) is 40.2. The molecular weight excluding hydrogens is 905 g/mol. The third-order valence-electron chi connectivity index (χ3n) is 13.7. The van der Waals surface area contributed by atoms with Crippen molar-refractivity contribution < 1.29 is 23.9 Å². The Morgan fingerprint density at radius 1 is 0.425 bits per heavy atom. The number of esters is 1. The number of nitrogens with one attached hydrogen (secondary N) is 2. The minimum absolute atomic E-state index is 0.0385. The number of rotatable bonds is 9. The number of ether oxygens (including phenoxy) is 2. The molecular formula is C64H46N4O5. The van der Waals surface area contributed by atoms with Crippen LogP contribution in [0.15, 0.2) is 164 Å². The number of hydrogen-bond donors (Lipinski definition) is 2. The van der Waals surface area contributed by atoms with Gasteiger partial charge in [-0.05, 0) is 122 Å². The SMILES string of the molecule is Cc1ccc(-c2c3nc(c(-c4ccc(C)cc4)c4ccc([nH]4)c(-c4ccc(OCCOC(=O)c5ccc6c(c5)C(=O)c5ccccc5C6=O)cc4)c4nc(c(-c5ccc(C)cc5)c5ccc2[nH]5)C=C4)C=C3)cc1. The van der Waals surface area contributed by atoms with Crippen molar-refractivity contribution >= 4 is 63.9 Å². The molecule has 73 heavy (non-hydrogen) atoms. The molecule has 5 heterocycles. The van der Waals surface area contributed by atoms with Crippen molar-refractivity contribution in [3.63, 3.8) is 0 Å². The standard InChI is InChI=1S/C64H46N4O5/c1-37-8-14-40(15-9-37)58-50-26-28-52(65-50)59(41-16-10-38(2)11-17-41)54-30-32-56(67-54)61(57-33-31-55(68-57)60(53-29-27-51(58)66-53)42-18-12-39(3)13-19-42)43-20-23-45(24-21-43)72-34-35-73-64(71)44-22-25-48-49(36-44)63(70)47-7-5-4-6-46(47)62(48)69/h4-33,36,65,68H,34-35H2,1-3H3. The van der Waals surface area contributed by atoms with Crippen LogP contribution in [0.1, 0.15) is 81.7 Å². The molecule has 0 fully saturated rings. The maximum absolute atomic E-state index is 13.3. The first-order valence-electron chi connectivity index (χ1n) is 24.2. The molecule has 2 aliphatic heterocycles. The largest absolute Gasteiger partial charge is 0.490 e. The predicted octanol–water partition coefficient (Wildman–Crippen LogP) is 14.3. The Kier molecular flexibility index (Phi) is 11.3. The minimum atomic E-state index is -0.619. The van der Waals surface area contributed by atoms with Gasteiger partial charge >= 0.3 is 5.97 Å². The summed E-state index contributed by atoms with van der Waals surface area (Å²) in [6.45, 7) is 6.33. The van der Waals surface area contributed by atoms with Crippen molar-refractivity contribution in [3.05, 3.63) is 231 Å². The highest BCUT2D eigenvalue weighted by Gasteiger charge is 2.30. The Balaban J connectivity index is 0.931. The van der Waals surface area contributed by atoms with Gasteiger partial charge in [0.2, 0.25) is 0 Å². The fourth-order valence-corrected chi connectivity index (χ4v) is 9.90. The van der Waals surface area contributed by atoms with E-state index >= 15 is 0 Å². The maximum Gasteiger partial charge on any atom is 0.338 e. The summed E-state index contributed by atoms with van der Waals surface area (Å²) in [6.07, 6.45) is 8.39. The van der Waals surface area contributed by atoms with Crippen molar-refractivity contribution in [3.8, 4) is 50.3 Å². The molecule has 9 aromatic rings. The molecule has 6 aromatic carbocycles. The van der Waals surface area contributed by atoms with E-state index < -0.39 is 5.97 Å². The lowest BCUT2D eigenvalue weighted by Crippen LogP contribution is -2.21. The molecule has 0 amide bonds. The van der Waals surface area contributed by atoms with Crippen molar-refractivity contribution in [2.75, 3.05) is 13.2 Å². The molecule has 9 nitrogen and oxygen atoms in total. The number of aromatic amines is 2. The second-order valence-corrected chi connectivity index (χ2v) is 18.6. The molecule has 0 saturated carbocycles. The molecule has 9 heteroatoms. The van der Waals surface area contributed by atoms with Gasteiger partial charge in [-0.25, -0.2) is 14.8 Å². The Morgan fingerprint density at radius 2 is 0.795 bits per heavy atom. The summed E-state index contributed by atoms with van der Waals surface area (Å²) in [6, 6.07) is 53.2. The van der Waals surface area contributed by atoms with E-state index in [4.69, 9.17) is 19.4 Å². The van der Waals surface area contributed by atoms with E-state index in [0.29, 0.717) is 16.9 Å². The Hall–Kier alpha value is -9.47. The van der Waals surface area contributed by atoms with Crippen LogP contribution in [-0.4, -0.2) is 50.7 Å². The summed E-state index contributed by atoms with van der Waals surface area (Å²) in [7, 11) is 0. The first-order valence-corrected chi connectivity index (χ1v) is 24.2. The number of hydrogen-bond acceptors (Lipinski definition) is 7. The van der Waals surface area contributed by atoms with E-state index in [9.17, 15) is 14.4 Å². The van der Waals surface area contributed by atoms with Gasteiger partial charge in [0.05, 0.1) is 28.3 Å². The van der Waals surface area contributed by atoms with Crippen LogP contribution < -0.4 is 4.74 Å². The highest BCUT2D eigenvalue weighted by Crippen LogP contribution is 2.39. The number of carbonyl (C=O) groups excluding carboxylic acids is 3. The van der Waals surface area contributed by atoms with Crippen molar-refractivity contribution in [2.24, 2.45) is 0 Å². The number of nitrogens with zero attached hydrogens (tertiary/aromatic N) is 2. The molecule has 1 aliphatic carbocycles. The number of ketones is 2. The summed E-state index contributed by atoms with van der Waals surface area (Å²) in [5.74, 6) is -0.585. The monoisotopic (exact) mass is 950 g/mol. The Morgan fingerprint density at radius 3 is 1.21 bits per heavy atom. The molecule has 0 spiro atoms. The quantitative estimate of drug-likeness (QED) is 0.109. The normalized spacial score (nSPS) is 12.4. The van der Waals surface area contributed by atoms with Crippen LogP contribution in [0.2, 0.25) is 0 Å². The Bertz CT molecular complexity index is 3930. The first-order chi connectivity index (χ1) is 35.6. The zero-order chi connectivity index (χ0) is 49.7. The van der Waals surface area contributed by atoms with Gasteiger partial charge in [0, 0.05) is 66.6 Å². The Labute approximate surface area is 421 Å². The average Bonchev–Trinajstić information content (AvgIpc) is 4.28. The fraction of sp³-hybridized carbons (Fsp3) is 0.0781. The minimum Gasteiger partial charge on any atom is -0.490 e. The van der Waals surface area contributed by atoms with E-state index in [1.807, 2.05) is 24.3 Å². The number of aromatic nitrogens is 4. The van der Waals surface area contributed by atoms with E-state index in [1.54, 1.807) is 24.3 Å². The number of fused-ring (bicyclic) bond motifs is 10. The summed E-state index contributed by atoms with van der Waals surface area (Å²) in [5, 5.41) is 0. The molecule has 0 radical (unpaired) electrons. The van der Waals surface area contributed by atoms with Crippen LogP contribution >= 0.6 is 0 Å². The lowest BCUT2D eigenvalue weighted by molar-refractivity contribution is 0.0450. The lowest BCUT2D eigenvalue weighted by Gasteiger charge is -2.17. The van der Waals surface area contributed by atoms with Crippen LogP contribution in [0.25, 0.3) is 90.9 Å². The average molecular weight is 951 g/mol. The van der Waals surface area contributed by atoms with E-state index in [1.165, 1.54) is 23.8 Å². The van der Waals surface area contributed by atoms with Gasteiger partial charge in [-0.2, -0.15) is 0 Å². The number of carbonyl (C=O) groups is 3. The summed E-state index contributed by atoms with van der Waals surface area (Å²) >= 11 is 0. The molecule has 2 N–H and O–H groups in total. The van der Waals surface area contributed by atoms with E-state index in [0.717, 1.165) is 100 Å². The third kappa shape index (κ3) is 8.36. The van der Waals surface area contributed by atoms with Crippen LogP contribution in [0.3, 0.4) is 0 Å². The number of benzene rings is 6. The number of aryl methyl sites for hydroxylation is 3. The second kappa shape index (κ2) is 18.4. The van der Waals surface area contributed by atoms with Crippen molar-refractivity contribution in [1.29, 1.82) is 0 Å². The van der Waals surface area contributed by atoms with Gasteiger partial charge in [0.25, 0.3) is 0 Å². The third-order valence-corrected chi connectivity index (χ3v) is 13.7. The number of H-pyrrole nitrogens is 2. The summed E-state index contributed by atoms with van der Waals surface area (Å²) < 4.78 is 11.7. The van der Waals surface area contributed by atoms with Crippen LogP contribution in [0, 0.1) is 20.8 Å². The summed E-state index contributed by atoms with van der Waals surface area (Å²) in [4.78, 5) is 58.1. The maximum atomic E-state index is 13.3. The van der Waals surface area contributed by atoms with Gasteiger partial charge in [-0.1, -0.05) is 126 Å². The molecule has 8 bridgehead atoms. The van der Waals surface area contributed by atoms with Crippen molar-refractivity contribution in [2.45, 2.75) is 20.8 Å². The van der Waals surface area contributed by atoms with Crippen molar-refractivity contribution in [1.82, 2.24) is 19.9 Å². The highest BCUT2D eigenvalue weighted by molar-refractivity contribution is 6.28. The fourth-order valence-electron chi connectivity index (χ4n) is 9.90. The van der Waals surface area contributed by atoms with Gasteiger partial charge < -0.3 is 19.4 Å². The summed E-state index contributed by atoms with van der Waals surface area (Å²) in [5.41, 5.74) is 19.6. The highest BCUT2D eigenvalue weighted by atomic mass is 16.6. The predicted molar refractivity (Wildman–Crippen MR) is 290 cm³/mol. The molecule has 352 valence electrons. The molecule has 0 atom stereocenters. The topological polar surface area (TPSA) is 127 Å². The molecule has 12 rings (SSSR count). The van der Waals surface area contributed by atoms with Gasteiger partial charge in [-0.3, -0.25) is 9.59 Å². The van der Waals surface area contributed by atoms with Crippen LogP contribution in [0.5, 0.6) is 5.75 Å². The molecule has 0 unspecified atom stereocenters. The first kappa shape index (κ1) is 44.7. The van der Waals surface area contributed by atoms with E-state index in [-0.39, 0.29) is 41.5 Å². The molecule has 0 saturated heterocycles. The molecule has 3 aliphatic rings. The second-order valence-electron chi connectivity index (χ2n) is 18.6. The van der Waals surface area contributed by atoms with Gasteiger partial charge in [0.15, 0.2) is 11.6 Å². The lowest BCUT2D eigenvalue weighted by atomic mass is 9.83.